The van der Waals surface area contributed by atoms with E-state index >= 15 is 0 Å². The van der Waals surface area contributed by atoms with E-state index in [1.807, 2.05) is 31.3 Å². The Balaban J connectivity index is 1.46. The summed E-state index contributed by atoms with van der Waals surface area (Å²) < 4.78 is 16.8. The molecule has 0 atom stereocenters. The van der Waals surface area contributed by atoms with Gasteiger partial charge >= 0.3 is 0 Å². The molecular weight excluding hydrogens is 425 g/mol. The summed E-state index contributed by atoms with van der Waals surface area (Å²) in [7, 11) is 1.81. The number of anilines is 2. The maximum absolute atomic E-state index is 15.0. The van der Waals surface area contributed by atoms with Crippen molar-refractivity contribution in [1.82, 2.24) is 19.6 Å². The molecule has 0 spiro atoms. The quantitative estimate of drug-likeness (QED) is 0.323. The molecule has 0 saturated heterocycles. The molecule has 3 aromatic carbocycles. The van der Waals surface area contributed by atoms with Crippen LogP contribution in [0.2, 0.25) is 5.02 Å². The third-order valence-corrected chi connectivity index (χ3v) is 6.35. The molecule has 5 nitrogen and oxygen atoms in total. The van der Waals surface area contributed by atoms with E-state index in [1.165, 1.54) is 24.5 Å². The van der Waals surface area contributed by atoms with Crippen molar-refractivity contribution in [3.8, 4) is 11.1 Å². The third kappa shape index (κ3) is 3.19. The van der Waals surface area contributed by atoms with E-state index < -0.39 is 0 Å². The van der Waals surface area contributed by atoms with Crippen LogP contribution in [0.4, 0.5) is 15.9 Å². The highest BCUT2D eigenvalue weighted by Gasteiger charge is 2.23. The van der Waals surface area contributed by atoms with Crippen LogP contribution in [-0.2, 0) is 0 Å². The molecule has 1 saturated carbocycles. The van der Waals surface area contributed by atoms with Gasteiger partial charge in [0.05, 0.1) is 11.2 Å². The zero-order valence-electron chi connectivity index (χ0n) is 17.3. The van der Waals surface area contributed by atoms with Gasteiger partial charge in [-0.25, -0.2) is 4.39 Å². The highest BCUT2D eigenvalue weighted by Crippen LogP contribution is 2.41. The van der Waals surface area contributed by atoms with Crippen molar-refractivity contribution in [2.75, 3.05) is 11.9 Å². The number of nitrogens with zero attached hydrogens (tertiary/aromatic N) is 5. The number of rotatable bonds is 4. The Bertz CT molecular complexity index is 1470. The van der Waals surface area contributed by atoms with E-state index in [-0.39, 0.29) is 5.82 Å². The number of aromatic nitrogens is 4. The summed E-state index contributed by atoms with van der Waals surface area (Å²) >= 11 is 6.24. The Hall–Kier alpha value is -3.51. The number of fused-ring (bicyclic) bond motifs is 3. The molecular formula is C25H19ClFN5. The minimum Gasteiger partial charge on any atom is -0.326 e. The van der Waals surface area contributed by atoms with Crippen LogP contribution in [0.15, 0.2) is 67.0 Å². The van der Waals surface area contributed by atoms with E-state index in [4.69, 9.17) is 11.6 Å². The van der Waals surface area contributed by atoms with Gasteiger partial charge in [0, 0.05) is 17.5 Å². The Labute approximate surface area is 189 Å². The Morgan fingerprint density at radius 1 is 1.00 bits per heavy atom. The molecule has 6 rings (SSSR count). The SMILES string of the molecule is CN(c1cc(-c2ccc(C3CC3)cc2)ccc1F)c1nc2nncn2c2cc(Cl)ccc12. The first kappa shape index (κ1) is 19.2. The predicted octanol–water partition coefficient (Wildman–Crippen LogP) is 6.38. The summed E-state index contributed by atoms with van der Waals surface area (Å²) in [6.45, 7) is 0. The van der Waals surface area contributed by atoms with Crippen LogP contribution < -0.4 is 4.90 Å². The van der Waals surface area contributed by atoms with Crippen molar-refractivity contribution in [3.05, 3.63) is 83.4 Å². The van der Waals surface area contributed by atoms with E-state index in [0.29, 0.717) is 28.2 Å². The van der Waals surface area contributed by atoms with Gasteiger partial charge in [-0.3, -0.25) is 4.40 Å². The first-order valence-corrected chi connectivity index (χ1v) is 10.9. The lowest BCUT2D eigenvalue weighted by molar-refractivity contribution is 0.627. The largest absolute Gasteiger partial charge is 0.326 e. The highest BCUT2D eigenvalue weighted by molar-refractivity contribution is 6.31. The lowest BCUT2D eigenvalue weighted by Crippen LogP contribution is -2.14. The van der Waals surface area contributed by atoms with Crippen molar-refractivity contribution in [3.63, 3.8) is 0 Å². The molecule has 1 fully saturated rings. The fraction of sp³-hybridized carbons (Fsp3) is 0.160. The lowest BCUT2D eigenvalue weighted by atomic mass is 10.0. The van der Waals surface area contributed by atoms with E-state index in [0.717, 1.165) is 22.0 Å². The maximum atomic E-state index is 15.0. The molecule has 0 aliphatic heterocycles. The molecule has 158 valence electrons. The maximum Gasteiger partial charge on any atom is 0.257 e. The number of benzene rings is 3. The van der Waals surface area contributed by atoms with Crippen LogP contribution in [0.3, 0.4) is 0 Å². The van der Waals surface area contributed by atoms with Gasteiger partial charge in [0.25, 0.3) is 5.78 Å². The first-order valence-electron chi connectivity index (χ1n) is 10.5. The van der Waals surface area contributed by atoms with E-state index in [2.05, 4.69) is 39.4 Å². The zero-order valence-corrected chi connectivity index (χ0v) is 18.1. The molecule has 0 N–H and O–H groups in total. The van der Waals surface area contributed by atoms with Gasteiger partial charge in [0.2, 0.25) is 0 Å². The van der Waals surface area contributed by atoms with Gasteiger partial charge in [0.1, 0.15) is 18.0 Å². The summed E-state index contributed by atoms with van der Waals surface area (Å²) in [5, 5.41) is 9.47. The molecule has 0 radical (unpaired) electrons. The van der Waals surface area contributed by atoms with Crippen molar-refractivity contribution in [2.45, 2.75) is 18.8 Å². The fourth-order valence-corrected chi connectivity index (χ4v) is 4.37. The highest BCUT2D eigenvalue weighted by atomic mass is 35.5. The van der Waals surface area contributed by atoms with E-state index in [9.17, 15) is 4.39 Å². The Kier molecular flexibility index (Phi) is 4.36. The molecule has 5 aromatic rings. The second kappa shape index (κ2) is 7.28. The van der Waals surface area contributed by atoms with Gasteiger partial charge in [-0.05, 0) is 65.8 Å². The monoisotopic (exact) mass is 443 g/mol. The van der Waals surface area contributed by atoms with Crippen molar-refractivity contribution in [1.29, 1.82) is 0 Å². The smallest absolute Gasteiger partial charge is 0.257 e. The summed E-state index contributed by atoms with van der Waals surface area (Å²) in [6.07, 6.45) is 4.14. The number of hydrogen-bond donors (Lipinski definition) is 0. The van der Waals surface area contributed by atoms with Gasteiger partial charge in [0.15, 0.2) is 0 Å². The van der Waals surface area contributed by atoms with Crippen LogP contribution in [0.25, 0.3) is 27.8 Å². The van der Waals surface area contributed by atoms with Gasteiger partial charge in [-0.15, -0.1) is 10.2 Å². The van der Waals surface area contributed by atoms with Crippen LogP contribution in [0.5, 0.6) is 0 Å². The number of hydrogen-bond acceptors (Lipinski definition) is 4. The van der Waals surface area contributed by atoms with Crippen molar-refractivity contribution >= 4 is 39.8 Å². The second-order valence-electron chi connectivity index (χ2n) is 8.22. The average molecular weight is 444 g/mol. The Morgan fingerprint density at radius 2 is 1.78 bits per heavy atom. The molecule has 7 heteroatoms. The van der Waals surface area contributed by atoms with Gasteiger partial charge in [-0.1, -0.05) is 41.9 Å². The van der Waals surface area contributed by atoms with E-state index in [1.54, 1.807) is 21.7 Å². The van der Waals surface area contributed by atoms with Crippen LogP contribution >= 0.6 is 11.6 Å². The Morgan fingerprint density at radius 3 is 2.56 bits per heavy atom. The minimum atomic E-state index is -0.323. The summed E-state index contributed by atoms with van der Waals surface area (Å²) in [6, 6.07) is 19.3. The topological polar surface area (TPSA) is 46.3 Å². The molecule has 0 amide bonds. The average Bonchev–Trinajstić information content (AvgIpc) is 3.55. The summed E-state index contributed by atoms with van der Waals surface area (Å²) in [5.74, 6) is 1.39. The third-order valence-electron chi connectivity index (χ3n) is 6.11. The van der Waals surface area contributed by atoms with Crippen molar-refractivity contribution < 1.29 is 4.39 Å². The van der Waals surface area contributed by atoms with Crippen LogP contribution in [-0.4, -0.2) is 26.6 Å². The zero-order chi connectivity index (χ0) is 21.8. The predicted molar refractivity (Wildman–Crippen MR) is 125 cm³/mol. The second-order valence-corrected chi connectivity index (χ2v) is 8.66. The van der Waals surface area contributed by atoms with Crippen molar-refractivity contribution in [2.24, 2.45) is 0 Å². The minimum absolute atomic E-state index is 0.323. The van der Waals surface area contributed by atoms with Crippen LogP contribution in [0, 0.1) is 5.82 Å². The molecule has 0 unspecified atom stereocenters. The standard InChI is InChI=1S/C25H19ClFN5/c1-31(24-20-10-9-19(26)13-22(20)32-14-28-30-25(32)29-24)23-12-18(8-11-21(23)27)17-6-4-16(5-7-17)15-2-3-15/h4-15H,2-3H2,1H3. The molecule has 2 aromatic heterocycles. The lowest BCUT2D eigenvalue weighted by Gasteiger charge is -2.22. The first-order chi connectivity index (χ1) is 15.6. The summed E-state index contributed by atoms with van der Waals surface area (Å²) in [5.41, 5.74) is 4.63. The molecule has 0 bridgehead atoms. The molecule has 1 aliphatic carbocycles. The molecule has 32 heavy (non-hydrogen) atoms. The fourth-order valence-electron chi connectivity index (χ4n) is 4.21. The van der Waals surface area contributed by atoms with Gasteiger partial charge < -0.3 is 4.90 Å². The molecule has 1 aliphatic rings. The summed E-state index contributed by atoms with van der Waals surface area (Å²) in [4.78, 5) is 6.41. The molecule has 2 heterocycles. The number of halogens is 2. The van der Waals surface area contributed by atoms with Crippen LogP contribution in [0.1, 0.15) is 24.3 Å². The van der Waals surface area contributed by atoms with Gasteiger partial charge in [-0.2, -0.15) is 4.98 Å². The normalized spacial score (nSPS) is 13.7.